The second kappa shape index (κ2) is 11.9. The zero-order chi connectivity index (χ0) is 14.1. The van der Waals surface area contributed by atoms with E-state index in [1.54, 1.807) is 0 Å². The van der Waals surface area contributed by atoms with Crippen molar-refractivity contribution < 1.29 is 4.74 Å². The summed E-state index contributed by atoms with van der Waals surface area (Å²) in [5, 5.41) is 4.19. The number of nitrogens with zero attached hydrogens (tertiary/aromatic N) is 2. The van der Waals surface area contributed by atoms with E-state index in [1.165, 1.54) is 12.2 Å². The number of aliphatic imine (C=N–C) groups is 1. The first-order valence-corrected chi connectivity index (χ1v) is 8.41. The van der Waals surface area contributed by atoms with Gasteiger partial charge in [-0.2, -0.15) is 11.8 Å². The highest BCUT2D eigenvalue weighted by Crippen LogP contribution is 2.20. The molecule has 4 nitrogen and oxygen atoms in total. The van der Waals surface area contributed by atoms with Gasteiger partial charge in [-0.25, -0.2) is 0 Å². The summed E-state index contributed by atoms with van der Waals surface area (Å²) in [5.74, 6) is 2.25. The van der Waals surface area contributed by atoms with E-state index in [-0.39, 0.29) is 24.0 Å². The van der Waals surface area contributed by atoms with E-state index in [0.717, 1.165) is 43.9 Å². The van der Waals surface area contributed by atoms with Crippen molar-refractivity contribution >= 4 is 41.7 Å². The first-order valence-electron chi connectivity index (χ1n) is 7.36. The zero-order valence-electron chi connectivity index (χ0n) is 13.2. The predicted molar refractivity (Wildman–Crippen MR) is 101 cm³/mol. The number of nitrogens with one attached hydrogen (secondary N) is 1. The Balaban J connectivity index is 0.00000361. The summed E-state index contributed by atoms with van der Waals surface area (Å²) >= 11 is 2.09. The van der Waals surface area contributed by atoms with Crippen molar-refractivity contribution in [3.8, 4) is 0 Å². The number of rotatable bonds is 6. The predicted octanol–water partition coefficient (Wildman–Crippen LogP) is 2.82. The lowest BCUT2D eigenvalue weighted by atomic mass is 10.3. The van der Waals surface area contributed by atoms with Gasteiger partial charge in [0, 0.05) is 44.3 Å². The van der Waals surface area contributed by atoms with Crippen molar-refractivity contribution in [2.75, 3.05) is 39.0 Å². The fraction of sp³-hybridized carbons (Fsp3) is 0.929. The second-order valence-electron chi connectivity index (χ2n) is 5.09. The highest BCUT2D eigenvalue weighted by atomic mass is 127. The van der Waals surface area contributed by atoms with Crippen LogP contribution in [0.1, 0.15) is 33.6 Å². The zero-order valence-corrected chi connectivity index (χ0v) is 16.4. The lowest BCUT2D eigenvalue weighted by molar-refractivity contribution is 0.0776. The summed E-state index contributed by atoms with van der Waals surface area (Å²) in [6.45, 7) is 10.4. The Morgan fingerprint density at radius 1 is 1.50 bits per heavy atom. The molecule has 1 rings (SSSR count). The molecule has 1 atom stereocenters. The van der Waals surface area contributed by atoms with E-state index >= 15 is 0 Å². The Hall–Kier alpha value is 0.310. The second-order valence-corrected chi connectivity index (χ2v) is 6.50. The standard InChI is InChI=1S/C14H29N3OS.HI/c1-5-13-11-17(8-10-19-13)14(15-4)16-7-6-9-18-12(2)3;/h12-13H,5-11H2,1-4H3,(H,15,16);1H. The lowest BCUT2D eigenvalue weighted by Crippen LogP contribution is -2.48. The monoisotopic (exact) mass is 415 g/mol. The molecule has 1 fully saturated rings. The summed E-state index contributed by atoms with van der Waals surface area (Å²) in [7, 11) is 1.87. The molecular formula is C14H30IN3OS. The summed E-state index contributed by atoms with van der Waals surface area (Å²) in [4.78, 5) is 6.78. The van der Waals surface area contributed by atoms with E-state index in [4.69, 9.17) is 4.74 Å². The molecule has 0 spiro atoms. The van der Waals surface area contributed by atoms with Crippen LogP contribution in [0.2, 0.25) is 0 Å². The highest BCUT2D eigenvalue weighted by molar-refractivity contribution is 14.0. The maximum Gasteiger partial charge on any atom is 0.193 e. The van der Waals surface area contributed by atoms with Gasteiger partial charge in [0.25, 0.3) is 0 Å². The maximum atomic E-state index is 5.54. The van der Waals surface area contributed by atoms with Crippen LogP contribution in [-0.4, -0.2) is 61.3 Å². The van der Waals surface area contributed by atoms with Crippen LogP contribution in [0.3, 0.4) is 0 Å². The molecule has 0 aromatic heterocycles. The van der Waals surface area contributed by atoms with Crippen LogP contribution in [0, 0.1) is 0 Å². The van der Waals surface area contributed by atoms with Crippen molar-refractivity contribution in [2.45, 2.75) is 45.0 Å². The SMILES string of the molecule is CCC1CN(C(=NC)NCCCOC(C)C)CCS1.I. The average molecular weight is 415 g/mol. The molecule has 0 aliphatic carbocycles. The van der Waals surface area contributed by atoms with Crippen molar-refractivity contribution in [1.29, 1.82) is 0 Å². The number of hydrogen-bond acceptors (Lipinski definition) is 3. The Bertz CT molecular complexity index is 277. The van der Waals surface area contributed by atoms with E-state index in [2.05, 4.69) is 47.7 Å². The molecule has 120 valence electrons. The van der Waals surface area contributed by atoms with Crippen molar-refractivity contribution in [2.24, 2.45) is 4.99 Å². The quantitative estimate of drug-likeness (QED) is 0.313. The molecule has 1 aliphatic heterocycles. The molecule has 0 saturated carbocycles. The number of guanidine groups is 1. The molecule has 1 unspecified atom stereocenters. The summed E-state index contributed by atoms with van der Waals surface area (Å²) in [5.41, 5.74) is 0. The highest BCUT2D eigenvalue weighted by Gasteiger charge is 2.21. The molecule has 1 saturated heterocycles. The van der Waals surface area contributed by atoms with Gasteiger partial charge in [0.05, 0.1) is 6.10 Å². The van der Waals surface area contributed by atoms with Gasteiger partial charge in [0.15, 0.2) is 5.96 Å². The minimum absolute atomic E-state index is 0. The number of thioether (sulfide) groups is 1. The summed E-state index contributed by atoms with van der Waals surface area (Å²) in [6.07, 6.45) is 2.58. The molecule has 0 bridgehead atoms. The maximum absolute atomic E-state index is 5.54. The first-order chi connectivity index (χ1) is 9.17. The van der Waals surface area contributed by atoms with Crippen LogP contribution >= 0.6 is 35.7 Å². The van der Waals surface area contributed by atoms with E-state index in [0.29, 0.717) is 6.10 Å². The van der Waals surface area contributed by atoms with Crippen LogP contribution in [0.15, 0.2) is 4.99 Å². The van der Waals surface area contributed by atoms with E-state index < -0.39 is 0 Å². The summed E-state index contributed by atoms with van der Waals surface area (Å²) in [6, 6.07) is 0. The van der Waals surface area contributed by atoms with Gasteiger partial charge in [0.1, 0.15) is 0 Å². The normalized spacial score (nSPS) is 19.9. The molecule has 0 amide bonds. The van der Waals surface area contributed by atoms with Gasteiger partial charge < -0.3 is 15.0 Å². The van der Waals surface area contributed by atoms with E-state index in [1.807, 2.05) is 7.05 Å². The fourth-order valence-corrected chi connectivity index (χ4v) is 3.26. The minimum atomic E-state index is 0. The van der Waals surface area contributed by atoms with Crippen molar-refractivity contribution in [1.82, 2.24) is 10.2 Å². The molecule has 0 radical (unpaired) electrons. The molecule has 1 heterocycles. The first kappa shape index (κ1) is 20.3. The third-order valence-electron chi connectivity index (χ3n) is 3.16. The molecule has 1 N–H and O–H groups in total. The van der Waals surface area contributed by atoms with E-state index in [9.17, 15) is 0 Å². The number of hydrogen-bond donors (Lipinski definition) is 1. The Morgan fingerprint density at radius 3 is 2.85 bits per heavy atom. The van der Waals surface area contributed by atoms with Crippen molar-refractivity contribution in [3.63, 3.8) is 0 Å². The molecule has 1 aliphatic rings. The average Bonchev–Trinajstić information content (AvgIpc) is 2.42. The third kappa shape index (κ3) is 7.93. The van der Waals surface area contributed by atoms with Crippen LogP contribution in [0.5, 0.6) is 0 Å². The van der Waals surface area contributed by atoms with Crippen LogP contribution in [0.25, 0.3) is 0 Å². The Labute approximate surface area is 145 Å². The van der Waals surface area contributed by atoms with Gasteiger partial charge in [-0.15, -0.1) is 24.0 Å². The van der Waals surface area contributed by atoms with Gasteiger partial charge in [0.2, 0.25) is 0 Å². The van der Waals surface area contributed by atoms with Gasteiger partial charge in [-0.3, -0.25) is 4.99 Å². The summed E-state index contributed by atoms with van der Waals surface area (Å²) < 4.78 is 5.54. The Morgan fingerprint density at radius 2 is 2.25 bits per heavy atom. The largest absolute Gasteiger partial charge is 0.379 e. The molecule has 20 heavy (non-hydrogen) atoms. The third-order valence-corrected chi connectivity index (χ3v) is 4.53. The lowest BCUT2D eigenvalue weighted by Gasteiger charge is -2.34. The minimum Gasteiger partial charge on any atom is -0.379 e. The van der Waals surface area contributed by atoms with Crippen LogP contribution < -0.4 is 5.32 Å². The molecular weight excluding hydrogens is 385 g/mol. The van der Waals surface area contributed by atoms with Gasteiger partial charge in [-0.05, 0) is 26.7 Å². The fourth-order valence-electron chi connectivity index (χ4n) is 2.08. The number of ether oxygens (including phenoxy) is 1. The smallest absolute Gasteiger partial charge is 0.193 e. The number of halogens is 1. The van der Waals surface area contributed by atoms with Crippen LogP contribution in [0.4, 0.5) is 0 Å². The molecule has 6 heteroatoms. The molecule has 0 aromatic rings. The van der Waals surface area contributed by atoms with Gasteiger partial charge in [-0.1, -0.05) is 6.92 Å². The van der Waals surface area contributed by atoms with Crippen LogP contribution in [-0.2, 0) is 4.74 Å². The Kier molecular flexibility index (Phi) is 12.1. The van der Waals surface area contributed by atoms with Crippen molar-refractivity contribution in [3.05, 3.63) is 0 Å². The van der Waals surface area contributed by atoms with Gasteiger partial charge >= 0.3 is 0 Å². The topological polar surface area (TPSA) is 36.9 Å². The molecule has 0 aromatic carbocycles.